The molecule has 2 N–H and O–H groups in total. The van der Waals surface area contributed by atoms with Crippen LogP contribution >= 0.6 is 0 Å². The van der Waals surface area contributed by atoms with Crippen LogP contribution < -0.4 is 10.8 Å². The Balaban J connectivity index is 1.69. The number of hydrogen-bond donors (Lipinski definition) is 2. The molecule has 0 fully saturated rings. The lowest BCUT2D eigenvalue weighted by Crippen LogP contribution is -2.31. The number of carbonyl (C=O) groups excluding carboxylic acids is 1. The summed E-state index contributed by atoms with van der Waals surface area (Å²) in [5, 5.41) is 6.43. The first-order valence-electron chi connectivity index (χ1n) is 8.79. The van der Waals surface area contributed by atoms with E-state index in [1.165, 1.54) is 11.8 Å². The van der Waals surface area contributed by atoms with E-state index in [-0.39, 0.29) is 11.3 Å². The number of nitrogens with one attached hydrogen (secondary N) is 2. The van der Waals surface area contributed by atoms with Crippen molar-refractivity contribution < 1.29 is 14.2 Å². The van der Waals surface area contributed by atoms with Crippen molar-refractivity contribution >= 4 is 17.4 Å². The summed E-state index contributed by atoms with van der Waals surface area (Å²) < 4.78 is 4.75. The Hall–Kier alpha value is -3.12. The topological polar surface area (TPSA) is 76.4 Å². The maximum Gasteiger partial charge on any atom is 0.256 e. The van der Waals surface area contributed by atoms with Gasteiger partial charge in [-0.15, -0.1) is 0 Å². The van der Waals surface area contributed by atoms with Gasteiger partial charge in [0.2, 0.25) is 0 Å². The summed E-state index contributed by atoms with van der Waals surface area (Å²) in [5.74, 6) is 0.158. The summed E-state index contributed by atoms with van der Waals surface area (Å²) in [6.45, 7) is 6.97. The maximum atomic E-state index is 12.5. The predicted octanol–water partition coefficient (Wildman–Crippen LogP) is 4.54. The molecule has 1 amide bonds. The minimum absolute atomic E-state index is 0.0481. The van der Waals surface area contributed by atoms with Gasteiger partial charge in [-0.05, 0) is 47.4 Å². The van der Waals surface area contributed by atoms with Gasteiger partial charge in [-0.1, -0.05) is 37.2 Å². The Morgan fingerprint density at radius 2 is 2.04 bits per heavy atom. The third-order valence-corrected chi connectivity index (χ3v) is 4.85. The largest absolute Gasteiger partial charge is 0.363 e. The van der Waals surface area contributed by atoms with Gasteiger partial charge in [-0.2, -0.15) is 0 Å². The number of benzene rings is 2. The standard InChI is InChI=1S/C21H21N3O3/c1-13-4-5-15(20(25)22-19-8-9-26-24-19)10-16(13)14-6-7-17-18(11-14)23-27-12-21(17,2)3/h4-11,23H,12H2,1-3H3,(H,22,24,25). The second kappa shape index (κ2) is 6.55. The quantitative estimate of drug-likeness (QED) is 0.715. The summed E-state index contributed by atoms with van der Waals surface area (Å²) in [6.07, 6.45) is 1.42. The summed E-state index contributed by atoms with van der Waals surface area (Å²) in [6, 6.07) is 13.5. The molecule has 2 heterocycles. The van der Waals surface area contributed by atoms with Crippen LogP contribution in [0, 0.1) is 6.92 Å². The van der Waals surface area contributed by atoms with Gasteiger partial charge in [0.25, 0.3) is 5.91 Å². The molecule has 1 aromatic heterocycles. The van der Waals surface area contributed by atoms with Crippen molar-refractivity contribution in [2.75, 3.05) is 17.4 Å². The van der Waals surface area contributed by atoms with E-state index in [9.17, 15) is 4.79 Å². The van der Waals surface area contributed by atoms with Crippen molar-refractivity contribution in [3.63, 3.8) is 0 Å². The zero-order valence-electron chi connectivity index (χ0n) is 15.5. The Labute approximate surface area is 157 Å². The molecular formula is C21H21N3O3. The van der Waals surface area contributed by atoms with Crippen LogP contribution in [0.3, 0.4) is 0 Å². The Bertz CT molecular complexity index is 994. The molecule has 0 saturated carbocycles. The molecule has 6 heteroatoms. The SMILES string of the molecule is Cc1ccc(C(=O)Nc2ccon2)cc1-c1ccc2c(c1)NOCC2(C)C. The van der Waals surface area contributed by atoms with Gasteiger partial charge in [0.05, 0.1) is 12.3 Å². The summed E-state index contributed by atoms with van der Waals surface area (Å²) >= 11 is 0. The molecule has 0 aliphatic carbocycles. The molecule has 0 atom stereocenters. The van der Waals surface area contributed by atoms with E-state index < -0.39 is 0 Å². The van der Waals surface area contributed by atoms with E-state index in [0.29, 0.717) is 18.0 Å². The normalized spacial score (nSPS) is 14.9. The average Bonchev–Trinajstić information content (AvgIpc) is 3.14. The van der Waals surface area contributed by atoms with Gasteiger partial charge in [0, 0.05) is 17.0 Å². The van der Waals surface area contributed by atoms with E-state index in [2.05, 4.69) is 48.0 Å². The van der Waals surface area contributed by atoms with Crippen molar-refractivity contribution in [2.24, 2.45) is 0 Å². The molecule has 0 radical (unpaired) electrons. The molecule has 6 nitrogen and oxygen atoms in total. The van der Waals surface area contributed by atoms with Gasteiger partial charge in [-0.25, -0.2) is 0 Å². The highest BCUT2D eigenvalue weighted by Crippen LogP contribution is 2.37. The molecular weight excluding hydrogens is 342 g/mol. The molecule has 3 aromatic rings. The monoisotopic (exact) mass is 363 g/mol. The van der Waals surface area contributed by atoms with Crippen molar-refractivity contribution in [2.45, 2.75) is 26.2 Å². The fourth-order valence-electron chi connectivity index (χ4n) is 3.30. The molecule has 0 unspecified atom stereocenters. The van der Waals surface area contributed by atoms with Crippen molar-refractivity contribution in [3.8, 4) is 11.1 Å². The summed E-state index contributed by atoms with van der Waals surface area (Å²) in [7, 11) is 0. The highest BCUT2D eigenvalue weighted by molar-refractivity contribution is 6.04. The van der Waals surface area contributed by atoms with Crippen molar-refractivity contribution in [1.29, 1.82) is 0 Å². The number of amides is 1. The first-order chi connectivity index (χ1) is 12.9. The number of aromatic nitrogens is 1. The van der Waals surface area contributed by atoms with Crippen molar-refractivity contribution in [3.05, 3.63) is 65.4 Å². The van der Waals surface area contributed by atoms with E-state index in [1.807, 2.05) is 19.1 Å². The van der Waals surface area contributed by atoms with Gasteiger partial charge in [0.15, 0.2) is 5.82 Å². The molecule has 138 valence electrons. The second-order valence-corrected chi connectivity index (χ2v) is 7.40. The smallest absolute Gasteiger partial charge is 0.256 e. The highest BCUT2D eigenvalue weighted by atomic mass is 16.6. The van der Waals surface area contributed by atoms with Crippen LogP contribution in [0.1, 0.15) is 35.3 Å². The molecule has 1 aliphatic rings. The summed E-state index contributed by atoms with van der Waals surface area (Å²) in [4.78, 5) is 18.0. The predicted molar refractivity (Wildman–Crippen MR) is 104 cm³/mol. The Morgan fingerprint density at radius 1 is 1.19 bits per heavy atom. The maximum absolute atomic E-state index is 12.5. The van der Waals surface area contributed by atoms with Crippen LogP contribution in [0.15, 0.2) is 53.3 Å². The van der Waals surface area contributed by atoms with Gasteiger partial charge in [0.1, 0.15) is 6.26 Å². The molecule has 2 aromatic carbocycles. The lowest BCUT2D eigenvalue weighted by Gasteiger charge is -2.32. The fraction of sp³-hybridized carbons (Fsp3) is 0.238. The fourth-order valence-corrected chi connectivity index (χ4v) is 3.30. The molecule has 4 rings (SSSR count). The van der Waals surface area contributed by atoms with Crippen LogP contribution in [0.5, 0.6) is 0 Å². The number of fused-ring (bicyclic) bond motifs is 1. The minimum Gasteiger partial charge on any atom is -0.363 e. The van der Waals surface area contributed by atoms with E-state index in [0.717, 1.165) is 22.4 Å². The van der Waals surface area contributed by atoms with Gasteiger partial charge < -0.3 is 9.84 Å². The zero-order valence-corrected chi connectivity index (χ0v) is 15.5. The molecule has 0 bridgehead atoms. The molecule has 0 saturated heterocycles. The first kappa shape index (κ1) is 17.3. The summed E-state index contributed by atoms with van der Waals surface area (Å²) in [5.41, 5.74) is 8.81. The Kier molecular flexibility index (Phi) is 4.20. The van der Waals surface area contributed by atoms with E-state index in [4.69, 9.17) is 9.36 Å². The molecule has 0 spiro atoms. The van der Waals surface area contributed by atoms with E-state index in [1.54, 1.807) is 12.1 Å². The third-order valence-electron chi connectivity index (χ3n) is 4.85. The van der Waals surface area contributed by atoms with Crippen LogP contribution in [0.25, 0.3) is 11.1 Å². The number of anilines is 2. The van der Waals surface area contributed by atoms with Crippen LogP contribution in [0.2, 0.25) is 0 Å². The number of nitrogens with zero attached hydrogens (tertiary/aromatic N) is 1. The first-order valence-corrected chi connectivity index (χ1v) is 8.79. The van der Waals surface area contributed by atoms with E-state index >= 15 is 0 Å². The minimum atomic E-state index is -0.231. The van der Waals surface area contributed by atoms with Gasteiger partial charge in [-0.3, -0.25) is 15.1 Å². The Morgan fingerprint density at radius 3 is 2.81 bits per heavy atom. The average molecular weight is 363 g/mol. The zero-order chi connectivity index (χ0) is 19.0. The number of carbonyl (C=O) groups is 1. The number of hydrogen-bond acceptors (Lipinski definition) is 5. The van der Waals surface area contributed by atoms with Crippen LogP contribution in [0.4, 0.5) is 11.5 Å². The highest BCUT2D eigenvalue weighted by Gasteiger charge is 2.28. The number of rotatable bonds is 3. The van der Waals surface area contributed by atoms with Crippen LogP contribution in [-0.4, -0.2) is 17.7 Å². The van der Waals surface area contributed by atoms with Gasteiger partial charge >= 0.3 is 0 Å². The number of aryl methyl sites for hydroxylation is 1. The second-order valence-electron chi connectivity index (χ2n) is 7.40. The van der Waals surface area contributed by atoms with Crippen molar-refractivity contribution in [1.82, 2.24) is 5.16 Å². The third kappa shape index (κ3) is 3.31. The lowest BCUT2D eigenvalue weighted by molar-refractivity contribution is 0.102. The lowest BCUT2D eigenvalue weighted by atomic mass is 9.82. The van der Waals surface area contributed by atoms with Crippen LogP contribution in [-0.2, 0) is 10.3 Å². The molecule has 1 aliphatic heterocycles. The molecule has 27 heavy (non-hydrogen) atoms.